The Morgan fingerprint density at radius 2 is 2.14 bits per heavy atom. The van der Waals surface area contributed by atoms with E-state index in [9.17, 15) is 4.39 Å². The second-order valence-electron chi connectivity index (χ2n) is 7.20. The molecule has 1 atom stereocenters. The number of pyridine rings is 1. The molecule has 28 heavy (non-hydrogen) atoms. The molecular formula is C21H25FN6. The Hall–Kier alpha value is -3.09. The predicted molar refractivity (Wildman–Crippen MR) is 109 cm³/mol. The number of nitrogens with one attached hydrogen (secondary N) is 2. The third-order valence-corrected chi connectivity index (χ3v) is 5.16. The van der Waals surface area contributed by atoms with Gasteiger partial charge in [-0.2, -0.15) is 4.98 Å². The Labute approximate surface area is 163 Å². The Kier molecular flexibility index (Phi) is 4.90. The lowest BCUT2D eigenvalue weighted by molar-refractivity contribution is 0.564. The van der Waals surface area contributed by atoms with Gasteiger partial charge in [-0.25, -0.2) is 8.91 Å². The molecule has 7 heteroatoms. The van der Waals surface area contributed by atoms with Crippen LogP contribution in [0.2, 0.25) is 0 Å². The fourth-order valence-corrected chi connectivity index (χ4v) is 3.80. The molecule has 0 fully saturated rings. The normalized spacial score (nSPS) is 17.2. The molecule has 146 valence electrons. The molecule has 6 nitrogen and oxygen atoms in total. The molecule has 3 aromatic rings. The van der Waals surface area contributed by atoms with Crippen molar-refractivity contribution in [1.82, 2.24) is 19.9 Å². The molecule has 1 unspecified atom stereocenters. The van der Waals surface area contributed by atoms with Crippen molar-refractivity contribution in [2.24, 2.45) is 5.73 Å². The Balaban J connectivity index is 1.61. The van der Waals surface area contributed by atoms with Crippen molar-refractivity contribution in [1.29, 1.82) is 0 Å². The summed E-state index contributed by atoms with van der Waals surface area (Å²) >= 11 is 0. The first kappa shape index (κ1) is 18.3. The molecule has 0 saturated carbocycles. The van der Waals surface area contributed by atoms with Gasteiger partial charge < -0.3 is 16.4 Å². The topological polar surface area (TPSA) is 80.3 Å². The van der Waals surface area contributed by atoms with E-state index in [1.54, 1.807) is 10.6 Å². The fraction of sp³-hybridized carbons (Fsp3) is 0.333. The van der Waals surface area contributed by atoms with Crippen molar-refractivity contribution in [3.05, 3.63) is 59.3 Å². The van der Waals surface area contributed by atoms with E-state index < -0.39 is 0 Å². The first-order valence-corrected chi connectivity index (χ1v) is 9.65. The number of hydrogen-bond acceptors (Lipinski definition) is 5. The van der Waals surface area contributed by atoms with Crippen LogP contribution in [0.4, 0.5) is 10.3 Å². The van der Waals surface area contributed by atoms with E-state index in [4.69, 9.17) is 10.7 Å². The van der Waals surface area contributed by atoms with E-state index in [1.807, 2.05) is 25.3 Å². The maximum atomic E-state index is 13.5. The Morgan fingerprint density at radius 3 is 2.89 bits per heavy atom. The van der Waals surface area contributed by atoms with Crippen LogP contribution in [-0.2, 0) is 0 Å². The summed E-state index contributed by atoms with van der Waals surface area (Å²) in [5.41, 5.74) is 11.8. The van der Waals surface area contributed by atoms with Gasteiger partial charge in [0.05, 0.1) is 0 Å². The second-order valence-corrected chi connectivity index (χ2v) is 7.20. The van der Waals surface area contributed by atoms with Crippen LogP contribution in [0, 0.1) is 12.7 Å². The number of allylic oxidation sites excluding steroid dienone is 1. The first-order valence-electron chi connectivity index (χ1n) is 9.65. The number of aromatic nitrogens is 3. The third-order valence-electron chi connectivity index (χ3n) is 5.16. The quantitative estimate of drug-likeness (QED) is 0.630. The molecule has 0 radical (unpaired) electrons. The zero-order valence-corrected chi connectivity index (χ0v) is 16.2. The Bertz CT molecular complexity index is 1040. The van der Waals surface area contributed by atoms with Gasteiger partial charge in [0, 0.05) is 42.2 Å². The SMILES string of the molecule is CCNC1=C(N)CC(Nc2nc3c(-c4ccc(F)cc4C)cccn3n2)CC1. The summed E-state index contributed by atoms with van der Waals surface area (Å²) in [5.74, 6) is 0.341. The molecule has 0 amide bonds. The van der Waals surface area contributed by atoms with Gasteiger partial charge in [-0.3, -0.25) is 0 Å². The zero-order valence-electron chi connectivity index (χ0n) is 16.2. The number of nitrogens with zero attached hydrogens (tertiary/aromatic N) is 3. The van der Waals surface area contributed by atoms with Crippen molar-refractivity contribution in [2.75, 3.05) is 11.9 Å². The molecular weight excluding hydrogens is 355 g/mol. The van der Waals surface area contributed by atoms with Crippen LogP contribution in [-0.4, -0.2) is 27.2 Å². The van der Waals surface area contributed by atoms with E-state index >= 15 is 0 Å². The highest BCUT2D eigenvalue weighted by molar-refractivity contribution is 5.79. The highest BCUT2D eigenvalue weighted by Crippen LogP contribution is 2.28. The van der Waals surface area contributed by atoms with E-state index in [2.05, 4.69) is 22.7 Å². The van der Waals surface area contributed by atoms with E-state index in [1.165, 1.54) is 12.1 Å². The molecule has 4 rings (SSSR count). The van der Waals surface area contributed by atoms with Gasteiger partial charge >= 0.3 is 0 Å². The third kappa shape index (κ3) is 3.52. The molecule has 0 bridgehead atoms. The van der Waals surface area contributed by atoms with Gasteiger partial charge in [0.2, 0.25) is 5.95 Å². The van der Waals surface area contributed by atoms with Crippen molar-refractivity contribution in [2.45, 2.75) is 39.2 Å². The predicted octanol–water partition coefficient (Wildman–Crippen LogP) is 3.59. The monoisotopic (exact) mass is 380 g/mol. The van der Waals surface area contributed by atoms with Gasteiger partial charge in [0.1, 0.15) is 5.82 Å². The summed E-state index contributed by atoms with van der Waals surface area (Å²) in [4.78, 5) is 4.70. The van der Waals surface area contributed by atoms with Gasteiger partial charge in [0.15, 0.2) is 5.65 Å². The number of rotatable bonds is 5. The minimum atomic E-state index is -0.239. The fourth-order valence-electron chi connectivity index (χ4n) is 3.80. The number of anilines is 1. The van der Waals surface area contributed by atoms with E-state index in [0.29, 0.717) is 5.95 Å². The maximum Gasteiger partial charge on any atom is 0.243 e. The maximum absolute atomic E-state index is 13.5. The van der Waals surface area contributed by atoms with Crippen molar-refractivity contribution >= 4 is 11.6 Å². The van der Waals surface area contributed by atoms with Crippen LogP contribution >= 0.6 is 0 Å². The molecule has 0 aliphatic heterocycles. The first-order chi connectivity index (χ1) is 13.5. The summed E-state index contributed by atoms with van der Waals surface area (Å²) in [7, 11) is 0. The molecule has 1 aromatic carbocycles. The van der Waals surface area contributed by atoms with E-state index in [-0.39, 0.29) is 11.9 Å². The number of aryl methyl sites for hydroxylation is 1. The molecule has 0 saturated heterocycles. The molecule has 1 aliphatic carbocycles. The van der Waals surface area contributed by atoms with E-state index in [0.717, 1.165) is 59.5 Å². The van der Waals surface area contributed by atoms with Crippen LogP contribution < -0.4 is 16.4 Å². The highest BCUT2D eigenvalue weighted by atomic mass is 19.1. The van der Waals surface area contributed by atoms with Crippen molar-refractivity contribution in [3.63, 3.8) is 0 Å². The molecule has 2 aromatic heterocycles. The number of benzene rings is 1. The van der Waals surface area contributed by atoms with Gasteiger partial charge in [-0.1, -0.05) is 6.07 Å². The summed E-state index contributed by atoms with van der Waals surface area (Å²) in [6.07, 6.45) is 4.53. The van der Waals surface area contributed by atoms with Crippen LogP contribution in [0.5, 0.6) is 0 Å². The molecule has 4 N–H and O–H groups in total. The summed E-state index contributed by atoms with van der Waals surface area (Å²) in [5, 5.41) is 11.3. The molecule has 1 aliphatic rings. The van der Waals surface area contributed by atoms with Gasteiger partial charge in [-0.15, -0.1) is 5.10 Å². The minimum Gasteiger partial charge on any atom is -0.401 e. The average Bonchev–Trinajstić information content (AvgIpc) is 3.07. The van der Waals surface area contributed by atoms with Crippen LogP contribution in [0.25, 0.3) is 16.8 Å². The minimum absolute atomic E-state index is 0.204. The lowest BCUT2D eigenvalue weighted by Crippen LogP contribution is -2.31. The lowest BCUT2D eigenvalue weighted by atomic mass is 9.96. The number of nitrogens with two attached hydrogens (primary N) is 1. The smallest absolute Gasteiger partial charge is 0.243 e. The average molecular weight is 380 g/mol. The largest absolute Gasteiger partial charge is 0.401 e. The summed E-state index contributed by atoms with van der Waals surface area (Å²) in [6.45, 7) is 4.86. The second kappa shape index (κ2) is 7.50. The van der Waals surface area contributed by atoms with Crippen LogP contribution in [0.15, 0.2) is 47.9 Å². The van der Waals surface area contributed by atoms with Crippen molar-refractivity contribution < 1.29 is 4.39 Å². The Morgan fingerprint density at radius 1 is 1.29 bits per heavy atom. The molecule has 2 heterocycles. The lowest BCUT2D eigenvalue weighted by Gasteiger charge is -2.26. The van der Waals surface area contributed by atoms with Crippen LogP contribution in [0.3, 0.4) is 0 Å². The number of hydrogen-bond donors (Lipinski definition) is 3. The van der Waals surface area contributed by atoms with Crippen molar-refractivity contribution in [3.8, 4) is 11.1 Å². The highest BCUT2D eigenvalue weighted by Gasteiger charge is 2.21. The summed E-state index contributed by atoms with van der Waals surface area (Å²) in [6, 6.07) is 8.91. The molecule has 0 spiro atoms. The number of fused-ring (bicyclic) bond motifs is 1. The number of halogens is 1. The van der Waals surface area contributed by atoms with Gasteiger partial charge in [0.25, 0.3) is 0 Å². The zero-order chi connectivity index (χ0) is 19.7. The van der Waals surface area contributed by atoms with Gasteiger partial charge in [-0.05, 0) is 62.1 Å². The van der Waals surface area contributed by atoms with Crippen LogP contribution in [0.1, 0.15) is 31.7 Å². The standard InChI is InChI=1S/C21H25FN6/c1-3-24-19-9-7-15(12-18(19)23)25-21-26-20-17(5-4-10-28(20)27-21)16-8-6-14(22)11-13(16)2/h4-6,8,10-11,15,24H,3,7,9,12,23H2,1-2H3,(H,25,27). The summed E-state index contributed by atoms with van der Waals surface area (Å²) < 4.78 is 15.2.